The molecule has 0 aliphatic carbocycles. The summed E-state index contributed by atoms with van der Waals surface area (Å²) < 4.78 is 14.0. The number of carbonyl (C=O) groups excluding carboxylic acids is 1. The predicted molar refractivity (Wildman–Crippen MR) is 150 cm³/mol. The molecule has 3 unspecified atom stereocenters. The average Bonchev–Trinajstić information content (AvgIpc) is 3.36. The summed E-state index contributed by atoms with van der Waals surface area (Å²) >= 11 is 1.41. The molecule has 1 saturated heterocycles. The third-order valence-corrected chi connectivity index (χ3v) is 8.11. The Balaban J connectivity index is 1.39. The maximum absolute atomic E-state index is 14.0. The summed E-state index contributed by atoms with van der Waals surface area (Å²) in [5.41, 5.74) is 2.28. The number of thiazole rings is 1. The first-order chi connectivity index (χ1) is 18.9. The quantitative estimate of drug-likeness (QED) is 0.252. The maximum atomic E-state index is 14.0. The van der Waals surface area contributed by atoms with E-state index in [0.29, 0.717) is 48.4 Å². The lowest BCUT2D eigenvalue weighted by Crippen LogP contribution is -2.55. The fourth-order valence-corrected chi connectivity index (χ4v) is 6.15. The second kappa shape index (κ2) is 12.3. The van der Waals surface area contributed by atoms with Gasteiger partial charge >= 0.3 is 0 Å². The molecule has 0 bridgehead atoms. The molecule has 0 saturated carbocycles. The number of likely N-dealkylation sites (tertiary alicyclic amines) is 1. The fourth-order valence-electron chi connectivity index (χ4n) is 5.21. The largest absolute Gasteiger partial charge is 0.395 e. The number of aliphatic hydroxyl groups excluding tert-OH is 2. The molecule has 4 aromatic rings. The minimum atomic E-state index is -1.06. The molecule has 3 heterocycles. The first-order valence-corrected chi connectivity index (χ1v) is 13.9. The first-order valence-electron chi connectivity index (χ1n) is 13.1. The van der Waals surface area contributed by atoms with Crippen LogP contribution in [0.3, 0.4) is 0 Å². The number of hydrogen-bond acceptors (Lipinski definition) is 8. The molecular weight excluding hydrogens is 517 g/mol. The predicted octanol–water partition coefficient (Wildman–Crippen LogP) is 3.64. The number of nitrogens with zero attached hydrogens (tertiary/aromatic N) is 3. The molecule has 1 amide bonds. The highest BCUT2D eigenvalue weighted by Crippen LogP contribution is 2.37. The van der Waals surface area contributed by atoms with Crippen LogP contribution in [-0.2, 0) is 0 Å². The molecule has 1 aliphatic rings. The van der Waals surface area contributed by atoms with Crippen LogP contribution in [0.1, 0.15) is 40.1 Å². The Morgan fingerprint density at radius 3 is 2.85 bits per heavy atom. The molecule has 10 heteroatoms. The van der Waals surface area contributed by atoms with Crippen molar-refractivity contribution in [3.63, 3.8) is 0 Å². The van der Waals surface area contributed by atoms with E-state index in [9.17, 15) is 19.4 Å². The minimum Gasteiger partial charge on any atom is -0.395 e. The molecule has 0 spiro atoms. The minimum absolute atomic E-state index is 0.0204. The van der Waals surface area contributed by atoms with Crippen LogP contribution >= 0.6 is 11.3 Å². The number of amides is 1. The topological polar surface area (TPSA) is 111 Å². The Labute approximate surface area is 230 Å². The number of nitrogens with one attached hydrogen (secondary N) is 2. The number of pyridine rings is 1. The van der Waals surface area contributed by atoms with Crippen LogP contribution in [-0.4, -0.2) is 69.3 Å². The van der Waals surface area contributed by atoms with Crippen molar-refractivity contribution in [1.82, 2.24) is 25.5 Å². The second-order valence-corrected chi connectivity index (χ2v) is 10.9. The zero-order valence-electron chi connectivity index (χ0n) is 21.7. The molecular formula is C29H32FN5O3S. The fraction of sp³-hybridized carbons (Fsp3) is 0.345. The standard InChI is InChI=1S/C29H32FN5O3S/c1-18-34-26(27(39-18)20-6-2-8-21(30)15-20)29(38)35-17-22(31-13-14-36)10-11-23(35)16-33-28(37)24-9-3-5-19-7-4-12-32-25(19)24/h2-9,12,15,22-23,29,31,36,38H,10-11,13-14,16-17H2,1H3,(H,33,37). The molecule has 2 aromatic heterocycles. The van der Waals surface area contributed by atoms with Gasteiger partial charge in [-0.25, -0.2) is 9.37 Å². The van der Waals surface area contributed by atoms with Gasteiger partial charge in [-0.2, -0.15) is 0 Å². The van der Waals surface area contributed by atoms with Crippen LogP contribution in [0.5, 0.6) is 0 Å². The number of para-hydroxylation sites is 1. The maximum Gasteiger partial charge on any atom is 0.253 e. The molecule has 5 rings (SSSR count). The van der Waals surface area contributed by atoms with Crippen molar-refractivity contribution in [3.05, 3.63) is 82.9 Å². The van der Waals surface area contributed by atoms with Crippen molar-refractivity contribution in [2.75, 3.05) is 26.2 Å². The summed E-state index contributed by atoms with van der Waals surface area (Å²) in [6, 6.07) is 15.5. The van der Waals surface area contributed by atoms with Gasteiger partial charge < -0.3 is 20.8 Å². The molecule has 0 radical (unpaired) electrons. The summed E-state index contributed by atoms with van der Waals surface area (Å²) in [6.07, 6.45) is 2.15. The van der Waals surface area contributed by atoms with E-state index in [-0.39, 0.29) is 30.4 Å². The third kappa shape index (κ3) is 6.15. The van der Waals surface area contributed by atoms with Crippen molar-refractivity contribution in [2.24, 2.45) is 0 Å². The Morgan fingerprint density at radius 1 is 1.21 bits per heavy atom. The lowest BCUT2D eigenvalue weighted by atomic mass is 9.96. The molecule has 1 fully saturated rings. The molecule has 8 nitrogen and oxygen atoms in total. The van der Waals surface area contributed by atoms with Crippen LogP contribution in [0, 0.1) is 12.7 Å². The zero-order valence-corrected chi connectivity index (χ0v) is 22.5. The summed E-state index contributed by atoms with van der Waals surface area (Å²) in [6.45, 7) is 3.16. The second-order valence-electron chi connectivity index (χ2n) is 9.72. The van der Waals surface area contributed by atoms with Crippen LogP contribution in [0.15, 0.2) is 60.8 Å². The Morgan fingerprint density at radius 2 is 2.03 bits per heavy atom. The summed E-state index contributed by atoms with van der Waals surface area (Å²) in [4.78, 5) is 24.9. The number of aromatic nitrogens is 2. The number of halogens is 1. The molecule has 3 atom stereocenters. The molecule has 4 N–H and O–H groups in total. The number of benzene rings is 2. The number of piperidine rings is 1. The van der Waals surface area contributed by atoms with E-state index in [2.05, 4.69) is 20.6 Å². The van der Waals surface area contributed by atoms with E-state index < -0.39 is 6.23 Å². The lowest BCUT2D eigenvalue weighted by Gasteiger charge is -2.42. The van der Waals surface area contributed by atoms with Gasteiger partial charge in [-0.1, -0.05) is 30.3 Å². The van der Waals surface area contributed by atoms with Crippen molar-refractivity contribution in [3.8, 4) is 10.4 Å². The van der Waals surface area contributed by atoms with Crippen LogP contribution in [0.2, 0.25) is 0 Å². The Kier molecular flexibility index (Phi) is 8.59. The summed E-state index contributed by atoms with van der Waals surface area (Å²) in [5.74, 6) is -0.576. The average molecular weight is 550 g/mol. The monoisotopic (exact) mass is 549 g/mol. The van der Waals surface area contributed by atoms with Gasteiger partial charge in [0.25, 0.3) is 5.91 Å². The molecule has 39 heavy (non-hydrogen) atoms. The highest BCUT2D eigenvalue weighted by molar-refractivity contribution is 7.15. The summed E-state index contributed by atoms with van der Waals surface area (Å²) in [7, 11) is 0. The van der Waals surface area contributed by atoms with E-state index >= 15 is 0 Å². The first kappa shape index (κ1) is 27.3. The van der Waals surface area contributed by atoms with Crippen molar-refractivity contribution in [2.45, 2.75) is 38.1 Å². The number of hydrogen-bond donors (Lipinski definition) is 4. The van der Waals surface area contributed by atoms with Gasteiger partial charge in [0.05, 0.1) is 27.6 Å². The number of rotatable bonds is 9. The number of fused-ring (bicyclic) bond motifs is 1. The number of carbonyl (C=O) groups is 1. The highest BCUT2D eigenvalue weighted by Gasteiger charge is 2.35. The molecule has 1 aliphatic heterocycles. The van der Waals surface area contributed by atoms with Gasteiger partial charge in [-0.3, -0.25) is 14.7 Å². The van der Waals surface area contributed by atoms with E-state index in [1.165, 1.54) is 23.5 Å². The third-order valence-electron chi connectivity index (χ3n) is 7.07. The summed E-state index contributed by atoms with van der Waals surface area (Å²) in [5, 5.41) is 29.0. The van der Waals surface area contributed by atoms with Gasteiger partial charge in [-0.15, -0.1) is 11.3 Å². The smallest absolute Gasteiger partial charge is 0.253 e. The highest BCUT2D eigenvalue weighted by atomic mass is 32.1. The van der Waals surface area contributed by atoms with E-state index in [0.717, 1.165) is 21.7 Å². The number of aryl methyl sites for hydroxylation is 1. The van der Waals surface area contributed by atoms with E-state index in [1.54, 1.807) is 18.3 Å². The lowest BCUT2D eigenvalue weighted by molar-refractivity contribution is -0.0520. The SMILES string of the molecule is Cc1nc(C(O)N2CC(NCCO)CCC2CNC(=O)c2cccc3cccnc23)c(-c2cccc(F)c2)s1. The van der Waals surface area contributed by atoms with Crippen LogP contribution in [0.25, 0.3) is 21.3 Å². The van der Waals surface area contributed by atoms with Gasteiger partial charge in [0.2, 0.25) is 0 Å². The van der Waals surface area contributed by atoms with Gasteiger partial charge in [-0.05, 0) is 49.6 Å². The van der Waals surface area contributed by atoms with Crippen molar-refractivity contribution >= 4 is 28.1 Å². The van der Waals surface area contributed by atoms with Crippen LogP contribution < -0.4 is 10.6 Å². The number of aliphatic hydroxyl groups is 2. The van der Waals surface area contributed by atoms with E-state index in [1.807, 2.05) is 42.2 Å². The zero-order chi connectivity index (χ0) is 27.4. The van der Waals surface area contributed by atoms with Crippen molar-refractivity contribution in [1.29, 1.82) is 0 Å². The Bertz CT molecular complexity index is 1440. The van der Waals surface area contributed by atoms with Gasteiger partial charge in [0, 0.05) is 43.3 Å². The van der Waals surface area contributed by atoms with Gasteiger partial charge in [0.15, 0.2) is 6.23 Å². The van der Waals surface area contributed by atoms with Crippen molar-refractivity contribution < 1.29 is 19.4 Å². The van der Waals surface area contributed by atoms with Crippen LogP contribution in [0.4, 0.5) is 4.39 Å². The van der Waals surface area contributed by atoms with E-state index in [4.69, 9.17) is 0 Å². The normalized spacial score (nSPS) is 18.8. The molecule has 204 valence electrons. The molecule has 2 aromatic carbocycles. The van der Waals surface area contributed by atoms with Gasteiger partial charge in [0.1, 0.15) is 11.5 Å². The Hall–Kier alpha value is -3.28.